The molecular weight excluding hydrogens is 508 g/mol. The molecule has 0 saturated carbocycles. The molecule has 1 amide bonds. The molecular formula is C28H23BrN2O4. The van der Waals surface area contributed by atoms with Crippen molar-refractivity contribution in [2.45, 2.75) is 20.0 Å². The number of rotatable bonds is 7. The van der Waals surface area contributed by atoms with E-state index < -0.39 is 18.0 Å². The number of amides is 1. The number of carbonyl (C=O) groups excluding carboxylic acids is 2. The maximum absolute atomic E-state index is 12.8. The van der Waals surface area contributed by atoms with Gasteiger partial charge in [-0.05, 0) is 67.1 Å². The van der Waals surface area contributed by atoms with Crippen LogP contribution in [0.15, 0.2) is 94.5 Å². The number of halogens is 1. The van der Waals surface area contributed by atoms with Gasteiger partial charge in [-0.1, -0.05) is 64.0 Å². The molecule has 4 aromatic carbocycles. The van der Waals surface area contributed by atoms with E-state index in [9.17, 15) is 9.59 Å². The van der Waals surface area contributed by atoms with Gasteiger partial charge in [-0.2, -0.15) is 5.10 Å². The van der Waals surface area contributed by atoms with Crippen LogP contribution in [0.4, 0.5) is 0 Å². The largest absolute Gasteiger partial charge is 0.481 e. The maximum atomic E-state index is 12.8. The number of nitrogens with one attached hydrogen (secondary N) is 1. The minimum Gasteiger partial charge on any atom is -0.481 e. The predicted octanol–water partition coefficient (Wildman–Crippen LogP) is 6.05. The fourth-order valence-electron chi connectivity index (χ4n) is 3.45. The lowest BCUT2D eigenvalue weighted by Crippen LogP contribution is -2.33. The monoisotopic (exact) mass is 530 g/mol. The Bertz CT molecular complexity index is 1400. The topological polar surface area (TPSA) is 77.0 Å². The van der Waals surface area contributed by atoms with Crippen molar-refractivity contribution in [3.8, 4) is 11.5 Å². The van der Waals surface area contributed by atoms with Crippen LogP contribution in [0.2, 0.25) is 0 Å². The first-order valence-corrected chi connectivity index (χ1v) is 11.8. The molecule has 35 heavy (non-hydrogen) atoms. The lowest BCUT2D eigenvalue weighted by molar-refractivity contribution is -0.127. The molecule has 4 aromatic rings. The van der Waals surface area contributed by atoms with E-state index in [1.165, 1.54) is 6.21 Å². The van der Waals surface area contributed by atoms with Gasteiger partial charge >= 0.3 is 5.97 Å². The van der Waals surface area contributed by atoms with Gasteiger partial charge in [0.05, 0.1) is 11.8 Å². The van der Waals surface area contributed by atoms with Crippen molar-refractivity contribution in [2.24, 2.45) is 5.10 Å². The number of fused-ring (bicyclic) bond motifs is 1. The number of hydrogen-bond donors (Lipinski definition) is 1. The average Bonchev–Trinajstić information content (AvgIpc) is 2.86. The van der Waals surface area contributed by atoms with Crippen molar-refractivity contribution in [3.05, 3.63) is 106 Å². The molecule has 0 aliphatic heterocycles. The molecule has 4 rings (SSSR count). The maximum Gasteiger partial charge on any atom is 0.343 e. The molecule has 176 valence electrons. The third-order valence-electron chi connectivity index (χ3n) is 5.25. The minimum atomic E-state index is -0.764. The first kappa shape index (κ1) is 24.2. The molecule has 7 heteroatoms. The van der Waals surface area contributed by atoms with Crippen molar-refractivity contribution in [1.82, 2.24) is 5.43 Å². The third-order valence-corrected chi connectivity index (χ3v) is 5.78. The number of benzene rings is 4. The van der Waals surface area contributed by atoms with Crippen LogP contribution in [0, 0.1) is 6.92 Å². The quantitative estimate of drug-likeness (QED) is 0.136. The standard InChI is InChI=1S/C28H23BrN2O4/c1-18-6-5-8-21(16-18)28(33)35-26-15-10-20-7-3-4-9-24(20)25(26)17-30-31-27(32)19(2)34-23-13-11-22(29)12-14-23/h3-17,19H,1-2H3,(H,31,32). The number of carbonyl (C=O) groups is 2. The number of hydrogen-bond acceptors (Lipinski definition) is 5. The highest BCUT2D eigenvalue weighted by molar-refractivity contribution is 9.10. The molecule has 0 aliphatic rings. The van der Waals surface area contributed by atoms with E-state index in [2.05, 4.69) is 26.5 Å². The van der Waals surface area contributed by atoms with Crippen LogP contribution >= 0.6 is 15.9 Å². The molecule has 1 N–H and O–H groups in total. The zero-order valence-corrected chi connectivity index (χ0v) is 20.8. The number of ether oxygens (including phenoxy) is 2. The fraction of sp³-hybridized carbons (Fsp3) is 0.107. The molecule has 0 spiro atoms. The molecule has 0 fully saturated rings. The van der Waals surface area contributed by atoms with Gasteiger partial charge in [-0.15, -0.1) is 0 Å². The molecule has 0 heterocycles. The highest BCUT2D eigenvalue weighted by atomic mass is 79.9. The Balaban J connectivity index is 1.53. The van der Waals surface area contributed by atoms with E-state index in [-0.39, 0.29) is 0 Å². The predicted molar refractivity (Wildman–Crippen MR) is 140 cm³/mol. The van der Waals surface area contributed by atoms with Gasteiger partial charge in [-0.25, -0.2) is 10.2 Å². The Morgan fingerprint density at radius 3 is 2.51 bits per heavy atom. The van der Waals surface area contributed by atoms with E-state index in [0.717, 1.165) is 20.8 Å². The van der Waals surface area contributed by atoms with Crippen LogP contribution in [0.25, 0.3) is 10.8 Å². The van der Waals surface area contributed by atoms with Crippen molar-refractivity contribution < 1.29 is 19.1 Å². The van der Waals surface area contributed by atoms with E-state index in [4.69, 9.17) is 9.47 Å². The zero-order valence-electron chi connectivity index (χ0n) is 19.2. The molecule has 0 radical (unpaired) electrons. The fourth-order valence-corrected chi connectivity index (χ4v) is 3.72. The molecule has 0 aromatic heterocycles. The lowest BCUT2D eigenvalue weighted by Gasteiger charge is -2.13. The molecule has 0 aliphatic carbocycles. The van der Waals surface area contributed by atoms with Crippen LogP contribution < -0.4 is 14.9 Å². The zero-order chi connectivity index (χ0) is 24.8. The summed E-state index contributed by atoms with van der Waals surface area (Å²) in [5, 5.41) is 5.90. The van der Waals surface area contributed by atoms with Gasteiger partial charge in [0.1, 0.15) is 11.5 Å². The number of nitrogens with zero attached hydrogens (tertiary/aromatic N) is 1. The van der Waals surface area contributed by atoms with Gasteiger partial charge in [0.15, 0.2) is 6.10 Å². The summed E-state index contributed by atoms with van der Waals surface area (Å²) in [6, 6.07) is 25.6. The van der Waals surface area contributed by atoms with Crippen LogP contribution in [0.5, 0.6) is 11.5 Å². The second-order valence-electron chi connectivity index (χ2n) is 7.91. The summed E-state index contributed by atoms with van der Waals surface area (Å²) in [5.74, 6) is 0.0218. The summed E-state index contributed by atoms with van der Waals surface area (Å²) in [4.78, 5) is 25.3. The normalized spacial score (nSPS) is 11.9. The first-order valence-electron chi connectivity index (χ1n) is 11.0. The second kappa shape index (κ2) is 11.0. The van der Waals surface area contributed by atoms with Crippen molar-refractivity contribution >= 4 is 44.8 Å². The highest BCUT2D eigenvalue weighted by Gasteiger charge is 2.16. The number of hydrazone groups is 1. The Labute approximate surface area is 211 Å². The Morgan fingerprint density at radius 2 is 1.74 bits per heavy atom. The summed E-state index contributed by atoms with van der Waals surface area (Å²) >= 11 is 3.37. The molecule has 1 atom stereocenters. The SMILES string of the molecule is Cc1cccc(C(=O)Oc2ccc3ccccc3c2C=NNC(=O)C(C)Oc2ccc(Br)cc2)c1. The smallest absolute Gasteiger partial charge is 0.343 e. The van der Waals surface area contributed by atoms with Crippen LogP contribution in [0.3, 0.4) is 0 Å². The van der Waals surface area contributed by atoms with E-state index in [0.29, 0.717) is 22.6 Å². The Hall–Kier alpha value is -3.97. The minimum absolute atomic E-state index is 0.340. The molecule has 0 saturated heterocycles. The second-order valence-corrected chi connectivity index (χ2v) is 8.82. The number of aryl methyl sites for hydroxylation is 1. The van der Waals surface area contributed by atoms with Crippen LogP contribution in [-0.2, 0) is 4.79 Å². The van der Waals surface area contributed by atoms with Gasteiger partial charge < -0.3 is 9.47 Å². The van der Waals surface area contributed by atoms with Crippen molar-refractivity contribution in [1.29, 1.82) is 0 Å². The third kappa shape index (κ3) is 6.13. The summed E-state index contributed by atoms with van der Waals surface area (Å²) in [7, 11) is 0. The van der Waals surface area contributed by atoms with E-state index in [1.807, 2.05) is 61.5 Å². The Morgan fingerprint density at radius 1 is 0.971 bits per heavy atom. The van der Waals surface area contributed by atoms with Crippen LogP contribution in [0.1, 0.15) is 28.4 Å². The molecule has 1 unspecified atom stereocenters. The highest BCUT2D eigenvalue weighted by Crippen LogP contribution is 2.27. The first-order chi connectivity index (χ1) is 16.9. The van der Waals surface area contributed by atoms with E-state index >= 15 is 0 Å². The lowest BCUT2D eigenvalue weighted by atomic mass is 10.0. The summed E-state index contributed by atoms with van der Waals surface area (Å²) in [6.45, 7) is 3.55. The summed E-state index contributed by atoms with van der Waals surface area (Å²) in [5.41, 5.74) is 4.49. The summed E-state index contributed by atoms with van der Waals surface area (Å²) < 4.78 is 12.3. The molecule has 0 bridgehead atoms. The van der Waals surface area contributed by atoms with Crippen molar-refractivity contribution in [2.75, 3.05) is 0 Å². The Kier molecular flexibility index (Phi) is 7.57. The number of esters is 1. The van der Waals surface area contributed by atoms with Gasteiger partial charge in [0.25, 0.3) is 5.91 Å². The molecule has 6 nitrogen and oxygen atoms in total. The van der Waals surface area contributed by atoms with Gasteiger partial charge in [-0.3, -0.25) is 4.79 Å². The average molecular weight is 531 g/mol. The van der Waals surface area contributed by atoms with E-state index in [1.54, 1.807) is 37.3 Å². The van der Waals surface area contributed by atoms with Gasteiger partial charge in [0, 0.05) is 10.0 Å². The van der Waals surface area contributed by atoms with Crippen LogP contribution in [-0.4, -0.2) is 24.2 Å². The van der Waals surface area contributed by atoms with Crippen molar-refractivity contribution in [3.63, 3.8) is 0 Å². The van der Waals surface area contributed by atoms with Gasteiger partial charge in [0.2, 0.25) is 0 Å². The summed E-state index contributed by atoms with van der Waals surface area (Å²) in [6.07, 6.45) is 0.713.